The lowest BCUT2D eigenvalue weighted by Gasteiger charge is -2.17. The predicted octanol–water partition coefficient (Wildman–Crippen LogP) is 2.93. The molecule has 0 amide bonds. The lowest BCUT2D eigenvalue weighted by molar-refractivity contribution is 0.444. The summed E-state index contributed by atoms with van der Waals surface area (Å²) in [6.45, 7) is 6.69. The molecule has 0 saturated heterocycles. The van der Waals surface area contributed by atoms with Gasteiger partial charge in [0.15, 0.2) is 0 Å². The molecular weight excluding hydrogens is 222 g/mol. The zero-order valence-electron chi connectivity index (χ0n) is 11.9. The maximum Gasteiger partial charge on any atom is 0.0951 e. The highest BCUT2D eigenvalue weighted by Crippen LogP contribution is 2.20. The van der Waals surface area contributed by atoms with E-state index in [0.29, 0.717) is 6.04 Å². The normalized spacial score (nSPS) is 16.6. The summed E-state index contributed by atoms with van der Waals surface area (Å²) in [5, 5.41) is 3.55. The fraction of sp³-hybridized carbons (Fsp3) is 0.800. The van der Waals surface area contributed by atoms with Gasteiger partial charge in [0.1, 0.15) is 0 Å². The highest BCUT2D eigenvalue weighted by Gasteiger charge is 2.14. The second-order valence-electron chi connectivity index (χ2n) is 5.34. The Bertz CT molecular complexity index is 357. The number of nitrogens with one attached hydrogen (secondary N) is 1. The van der Waals surface area contributed by atoms with Crippen LogP contribution in [0.3, 0.4) is 0 Å². The summed E-state index contributed by atoms with van der Waals surface area (Å²) in [4.78, 5) is 4.56. The van der Waals surface area contributed by atoms with Gasteiger partial charge in [0.05, 0.1) is 12.0 Å². The van der Waals surface area contributed by atoms with Crippen LogP contribution < -0.4 is 5.32 Å². The van der Waals surface area contributed by atoms with Crippen LogP contribution in [0, 0.1) is 0 Å². The Labute approximate surface area is 111 Å². The van der Waals surface area contributed by atoms with E-state index in [0.717, 1.165) is 13.1 Å². The van der Waals surface area contributed by atoms with E-state index in [-0.39, 0.29) is 0 Å². The van der Waals surface area contributed by atoms with Crippen LogP contribution >= 0.6 is 0 Å². The van der Waals surface area contributed by atoms with Crippen LogP contribution in [0.2, 0.25) is 0 Å². The Kier molecular flexibility index (Phi) is 5.24. The number of fused-ring (bicyclic) bond motifs is 1. The smallest absolute Gasteiger partial charge is 0.0951 e. The summed E-state index contributed by atoms with van der Waals surface area (Å²) >= 11 is 0. The van der Waals surface area contributed by atoms with Crippen LogP contribution in [0.15, 0.2) is 6.33 Å². The third-order valence-corrected chi connectivity index (χ3v) is 4.05. The lowest BCUT2D eigenvalue weighted by Crippen LogP contribution is -2.28. The van der Waals surface area contributed by atoms with E-state index in [1.807, 2.05) is 0 Å². The molecule has 1 aromatic heterocycles. The van der Waals surface area contributed by atoms with Crippen molar-refractivity contribution < 1.29 is 0 Å². The van der Waals surface area contributed by atoms with E-state index in [4.69, 9.17) is 0 Å². The fourth-order valence-electron chi connectivity index (χ4n) is 2.97. The van der Waals surface area contributed by atoms with Crippen molar-refractivity contribution in [2.24, 2.45) is 0 Å². The van der Waals surface area contributed by atoms with Crippen molar-refractivity contribution in [3.05, 3.63) is 17.7 Å². The van der Waals surface area contributed by atoms with E-state index < -0.39 is 0 Å². The largest absolute Gasteiger partial charge is 0.334 e. The number of aryl methyl sites for hydroxylation is 2. The molecule has 1 aromatic rings. The molecule has 0 spiro atoms. The summed E-state index contributed by atoms with van der Waals surface area (Å²) in [7, 11) is 0. The van der Waals surface area contributed by atoms with Crippen molar-refractivity contribution in [1.29, 1.82) is 0 Å². The molecule has 0 radical (unpaired) electrons. The van der Waals surface area contributed by atoms with E-state index in [1.54, 1.807) is 0 Å². The minimum atomic E-state index is 0.689. The van der Waals surface area contributed by atoms with Gasteiger partial charge in [-0.15, -0.1) is 0 Å². The van der Waals surface area contributed by atoms with E-state index in [2.05, 4.69) is 35.0 Å². The lowest BCUT2D eigenvalue weighted by atomic mass is 10.0. The topological polar surface area (TPSA) is 29.9 Å². The Morgan fingerprint density at radius 2 is 2.17 bits per heavy atom. The van der Waals surface area contributed by atoms with Crippen molar-refractivity contribution in [2.75, 3.05) is 6.54 Å². The minimum Gasteiger partial charge on any atom is -0.334 e. The molecule has 1 aliphatic carbocycles. The average molecular weight is 249 g/mol. The maximum atomic E-state index is 4.56. The number of aromatic nitrogens is 2. The quantitative estimate of drug-likeness (QED) is 0.805. The van der Waals surface area contributed by atoms with Crippen LogP contribution in [-0.2, 0) is 19.4 Å². The van der Waals surface area contributed by atoms with Gasteiger partial charge in [-0.3, -0.25) is 0 Å². The molecule has 3 nitrogen and oxygen atoms in total. The number of nitrogens with zero attached hydrogens (tertiary/aromatic N) is 2. The number of imidazole rings is 1. The Morgan fingerprint density at radius 3 is 2.94 bits per heavy atom. The molecule has 1 aliphatic rings. The number of hydrogen-bond donors (Lipinski definition) is 1. The zero-order valence-corrected chi connectivity index (χ0v) is 11.9. The first-order chi connectivity index (χ1) is 8.85. The van der Waals surface area contributed by atoms with E-state index >= 15 is 0 Å². The van der Waals surface area contributed by atoms with Gasteiger partial charge in [-0.1, -0.05) is 13.8 Å². The number of rotatable bonds is 7. The van der Waals surface area contributed by atoms with Gasteiger partial charge in [-0.05, 0) is 51.5 Å². The van der Waals surface area contributed by atoms with Crippen molar-refractivity contribution >= 4 is 0 Å². The molecule has 0 aliphatic heterocycles. The molecule has 3 heteroatoms. The monoisotopic (exact) mass is 249 g/mol. The average Bonchev–Trinajstić information content (AvgIpc) is 2.81. The first-order valence-electron chi connectivity index (χ1n) is 7.61. The van der Waals surface area contributed by atoms with Crippen LogP contribution in [0.4, 0.5) is 0 Å². The maximum absolute atomic E-state index is 4.56. The second kappa shape index (κ2) is 6.93. The third-order valence-electron chi connectivity index (χ3n) is 4.05. The molecule has 18 heavy (non-hydrogen) atoms. The molecule has 102 valence electrons. The van der Waals surface area contributed by atoms with Gasteiger partial charge in [0, 0.05) is 18.3 Å². The Morgan fingerprint density at radius 1 is 1.33 bits per heavy atom. The molecular formula is C15H27N3. The molecule has 0 saturated carbocycles. The first kappa shape index (κ1) is 13.6. The summed E-state index contributed by atoms with van der Waals surface area (Å²) in [6, 6.07) is 0.689. The molecule has 1 unspecified atom stereocenters. The third kappa shape index (κ3) is 3.35. The van der Waals surface area contributed by atoms with Gasteiger partial charge < -0.3 is 9.88 Å². The summed E-state index contributed by atoms with van der Waals surface area (Å²) in [6.07, 6.45) is 10.9. The van der Waals surface area contributed by atoms with Gasteiger partial charge in [-0.2, -0.15) is 0 Å². The predicted molar refractivity (Wildman–Crippen MR) is 75.9 cm³/mol. The molecule has 2 rings (SSSR count). The molecule has 1 N–H and O–H groups in total. The van der Waals surface area contributed by atoms with Crippen LogP contribution in [-0.4, -0.2) is 22.1 Å². The van der Waals surface area contributed by atoms with Crippen LogP contribution in [0.5, 0.6) is 0 Å². The molecule has 0 fully saturated rings. The summed E-state index contributed by atoms with van der Waals surface area (Å²) in [5.74, 6) is 0. The van der Waals surface area contributed by atoms with Crippen molar-refractivity contribution in [2.45, 2.75) is 71.4 Å². The van der Waals surface area contributed by atoms with E-state index in [1.165, 1.54) is 56.3 Å². The molecule has 1 heterocycles. The molecule has 1 atom stereocenters. The van der Waals surface area contributed by atoms with Crippen molar-refractivity contribution in [3.8, 4) is 0 Å². The minimum absolute atomic E-state index is 0.689. The Balaban J connectivity index is 1.81. The van der Waals surface area contributed by atoms with Gasteiger partial charge in [0.2, 0.25) is 0 Å². The number of hydrogen-bond acceptors (Lipinski definition) is 2. The zero-order chi connectivity index (χ0) is 12.8. The highest BCUT2D eigenvalue weighted by molar-refractivity contribution is 5.16. The van der Waals surface area contributed by atoms with Crippen molar-refractivity contribution in [3.63, 3.8) is 0 Å². The molecule has 0 bridgehead atoms. The summed E-state index contributed by atoms with van der Waals surface area (Å²) < 4.78 is 2.40. The fourth-order valence-corrected chi connectivity index (χ4v) is 2.97. The SMILES string of the molecule is CCNC(CC)CCCn1cnc2c1CCCC2. The van der Waals surface area contributed by atoms with Crippen LogP contribution in [0.1, 0.15) is 57.3 Å². The second-order valence-corrected chi connectivity index (χ2v) is 5.34. The van der Waals surface area contributed by atoms with Gasteiger partial charge in [-0.25, -0.2) is 4.98 Å². The van der Waals surface area contributed by atoms with E-state index in [9.17, 15) is 0 Å². The molecule has 0 aromatic carbocycles. The standard InChI is InChI=1S/C15H27N3/c1-3-13(16-4-2)8-7-11-18-12-17-14-9-5-6-10-15(14)18/h12-13,16H,3-11H2,1-2H3. The first-order valence-corrected chi connectivity index (χ1v) is 7.61. The van der Waals surface area contributed by atoms with Gasteiger partial charge in [0.25, 0.3) is 0 Å². The Hall–Kier alpha value is -0.830. The van der Waals surface area contributed by atoms with Gasteiger partial charge >= 0.3 is 0 Å². The van der Waals surface area contributed by atoms with Crippen LogP contribution in [0.25, 0.3) is 0 Å². The summed E-state index contributed by atoms with van der Waals surface area (Å²) in [5.41, 5.74) is 2.87. The van der Waals surface area contributed by atoms with Crippen molar-refractivity contribution in [1.82, 2.24) is 14.9 Å². The highest BCUT2D eigenvalue weighted by atomic mass is 15.1.